The molecule has 0 radical (unpaired) electrons. The van der Waals surface area contributed by atoms with Crippen LogP contribution in [0.4, 0.5) is 0 Å². The summed E-state index contributed by atoms with van der Waals surface area (Å²) in [6.45, 7) is 3.70. The number of amides is 1. The molecule has 2 aromatic rings. The van der Waals surface area contributed by atoms with Crippen molar-refractivity contribution < 1.29 is 42.1 Å². The first-order valence-corrected chi connectivity index (χ1v) is 14.5. The van der Waals surface area contributed by atoms with Gasteiger partial charge in [0.25, 0.3) is 13.7 Å². The van der Waals surface area contributed by atoms with Gasteiger partial charge in [-0.15, -0.1) is 11.8 Å². The first-order chi connectivity index (χ1) is 17.8. The molecule has 0 saturated carbocycles. The molecule has 3 heterocycles. The number of likely N-dealkylation sites (N-methyl/N-ethyl adjacent to an activating group) is 1. The fraction of sp³-hybridized carbons (Fsp3) is 0.542. The van der Waals surface area contributed by atoms with E-state index in [1.54, 1.807) is 30.9 Å². The normalized spacial score (nSPS) is 17.1. The molecule has 1 aliphatic rings. The molecule has 1 unspecified atom stereocenters. The van der Waals surface area contributed by atoms with E-state index >= 15 is 0 Å². The van der Waals surface area contributed by atoms with Gasteiger partial charge >= 0.3 is 5.97 Å². The number of quaternary nitrogens is 1. The SMILES string of the molecule is CCOC[C@H](COP(=O)([O-])OCC[N+](C)(C)C)OC(C)=O.NC(=O)c1ccn2c1CS[C@@H]2c1cccnc1. The Hall–Kier alpha value is -2.25. The summed E-state index contributed by atoms with van der Waals surface area (Å²) >= 11 is 1.78. The van der Waals surface area contributed by atoms with E-state index in [4.69, 9.17) is 24.3 Å². The third-order valence-corrected chi connectivity index (χ3v) is 7.38. The first-order valence-electron chi connectivity index (χ1n) is 12.0. The average Bonchev–Trinajstić information content (AvgIpc) is 3.43. The van der Waals surface area contributed by atoms with Crippen LogP contribution in [0.2, 0.25) is 0 Å². The molecule has 0 aromatic carbocycles. The minimum absolute atomic E-state index is 0.0218. The number of nitrogens with zero attached hydrogens (tertiary/aromatic N) is 3. The minimum atomic E-state index is -4.41. The summed E-state index contributed by atoms with van der Waals surface area (Å²) in [7, 11) is 1.33. The van der Waals surface area contributed by atoms with Crippen LogP contribution in [0, 0.1) is 0 Å². The van der Waals surface area contributed by atoms with E-state index in [2.05, 4.69) is 9.55 Å². The fourth-order valence-electron chi connectivity index (χ4n) is 3.33. The molecule has 2 N–H and O–H groups in total. The number of rotatable bonds is 13. The molecule has 12 nitrogen and oxygen atoms in total. The van der Waals surface area contributed by atoms with E-state index < -0.39 is 19.9 Å². The predicted octanol–water partition coefficient (Wildman–Crippen LogP) is 1.94. The number of hydrogen-bond acceptors (Lipinski definition) is 10. The monoisotopic (exact) mass is 572 g/mol. The molecule has 0 bridgehead atoms. The van der Waals surface area contributed by atoms with E-state index in [0.29, 0.717) is 23.2 Å². The van der Waals surface area contributed by atoms with E-state index in [0.717, 1.165) is 17.0 Å². The summed E-state index contributed by atoms with van der Waals surface area (Å²) in [4.78, 5) is 37.9. The van der Waals surface area contributed by atoms with Gasteiger partial charge in [0, 0.05) is 49.1 Å². The van der Waals surface area contributed by atoms with Crippen molar-refractivity contribution >= 4 is 31.5 Å². The smallest absolute Gasteiger partial charge is 0.303 e. The standard InChI is InChI=1S/C12H11N3OS.C12H26NO7P/c13-11(16)9-3-5-15-10(9)7-17-12(15)8-2-1-4-14-6-8;1-6-17-9-12(20-11(2)14)10-19-21(15,16)18-8-7-13(3,4)5/h1-6,12H,7H2,(H2,13,16);12H,6-10H2,1-5H3/t2*12-/m11/s1. The molecule has 3 rings (SSSR count). The molecule has 0 aliphatic carbocycles. The number of primary amides is 1. The van der Waals surface area contributed by atoms with Crippen LogP contribution >= 0.6 is 19.6 Å². The van der Waals surface area contributed by atoms with Crippen LogP contribution < -0.4 is 10.6 Å². The molecular formula is C24H37N4O8PS. The van der Waals surface area contributed by atoms with Crippen molar-refractivity contribution in [1.82, 2.24) is 9.55 Å². The lowest BCUT2D eigenvalue weighted by Crippen LogP contribution is -2.37. The molecule has 1 amide bonds. The molecule has 2 aromatic heterocycles. The second-order valence-corrected chi connectivity index (χ2v) is 11.9. The van der Waals surface area contributed by atoms with Crippen molar-refractivity contribution in [3.63, 3.8) is 0 Å². The summed E-state index contributed by atoms with van der Waals surface area (Å²) in [6, 6.07) is 5.76. The van der Waals surface area contributed by atoms with Gasteiger partial charge in [-0.25, -0.2) is 0 Å². The van der Waals surface area contributed by atoms with Crippen molar-refractivity contribution in [3.8, 4) is 0 Å². The van der Waals surface area contributed by atoms with Gasteiger partial charge < -0.3 is 38.2 Å². The van der Waals surface area contributed by atoms with E-state index in [-0.39, 0.29) is 31.1 Å². The number of pyridine rings is 1. The summed E-state index contributed by atoms with van der Waals surface area (Å²) in [6.07, 6.45) is 4.75. The van der Waals surface area contributed by atoms with Crippen molar-refractivity contribution in [3.05, 3.63) is 53.6 Å². The van der Waals surface area contributed by atoms with Crippen LogP contribution in [0.25, 0.3) is 0 Å². The Bertz CT molecular complexity index is 1090. The number of carbonyl (C=O) groups is 2. The number of phosphoric acid groups is 1. The van der Waals surface area contributed by atoms with Gasteiger partial charge in [0.2, 0.25) is 0 Å². The molecular weight excluding hydrogens is 535 g/mol. The summed E-state index contributed by atoms with van der Waals surface area (Å²) in [5.41, 5.74) is 8.12. The zero-order valence-corrected chi connectivity index (χ0v) is 24.1. The fourth-order valence-corrected chi connectivity index (χ4v) is 5.37. The van der Waals surface area contributed by atoms with E-state index in [1.807, 2.05) is 45.7 Å². The lowest BCUT2D eigenvalue weighted by atomic mass is 10.2. The molecule has 212 valence electrons. The van der Waals surface area contributed by atoms with E-state index in [1.165, 1.54) is 6.92 Å². The highest BCUT2D eigenvalue weighted by Crippen LogP contribution is 2.41. The van der Waals surface area contributed by atoms with Crippen LogP contribution in [0.5, 0.6) is 0 Å². The number of hydrogen-bond donors (Lipinski definition) is 1. The van der Waals surface area contributed by atoms with Crippen molar-refractivity contribution in [1.29, 1.82) is 0 Å². The maximum Gasteiger partial charge on any atom is 0.303 e. The molecule has 38 heavy (non-hydrogen) atoms. The Morgan fingerprint density at radius 2 is 2.03 bits per heavy atom. The van der Waals surface area contributed by atoms with E-state index in [9.17, 15) is 19.0 Å². The number of aromatic nitrogens is 2. The number of ether oxygens (including phenoxy) is 2. The number of phosphoric ester groups is 1. The lowest BCUT2D eigenvalue weighted by Gasteiger charge is -2.28. The van der Waals surface area contributed by atoms with Gasteiger partial charge in [0.15, 0.2) is 0 Å². The largest absolute Gasteiger partial charge is 0.756 e. The van der Waals surface area contributed by atoms with Crippen molar-refractivity contribution in [2.45, 2.75) is 31.1 Å². The molecule has 0 saturated heterocycles. The van der Waals surface area contributed by atoms with Gasteiger partial charge in [-0.3, -0.25) is 19.1 Å². The zero-order valence-electron chi connectivity index (χ0n) is 22.4. The van der Waals surface area contributed by atoms with Crippen LogP contribution in [0.3, 0.4) is 0 Å². The number of nitrogens with two attached hydrogens (primary N) is 1. The van der Waals surface area contributed by atoms with Crippen molar-refractivity contribution in [2.75, 3.05) is 54.1 Å². The Balaban J connectivity index is 0.000000271. The number of carbonyl (C=O) groups excluding carboxylic acids is 2. The summed E-state index contributed by atoms with van der Waals surface area (Å²) in [5, 5.41) is 0.201. The Morgan fingerprint density at radius 3 is 2.61 bits per heavy atom. The summed E-state index contributed by atoms with van der Waals surface area (Å²) < 4.78 is 33.7. The van der Waals surface area contributed by atoms with Crippen LogP contribution in [-0.4, -0.2) is 86.1 Å². The second-order valence-electron chi connectivity index (χ2n) is 9.38. The number of thioether (sulfide) groups is 1. The van der Waals surface area contributed by atoms with Gasteiger partial charge in [-0.1, -0.05) is 6.07 Å². The number of esters is 1. The highest BCUT2D eigenvalue weighted by Gasteiger charge is 2.27. The maximum atomic E-state index is 11.6. The molecule has 0 fully saturated rings. The van der Waals surface area contributed by atoms with Crippen LogP contribution in [0.15, 0.2) is 36.8 Å². The number of fused-ring (bicyclic) bond motifs is 1. The predicted molar refractivity (Wildman–Crippen MR) is 141 cm³/mol. The highest BCUT2D eigenvalue weighted by atomic mass is 32.2. The highest BCUT2D eigenvalue weighted by molar-refractivity contribution is 7.99. The van der Waals surface area contributed by atoms with Crippen LogP contribution in [0.1, 0.15) is 40.8 Å². The van der Waals surface area contributed by atoms with Crippen molar-refractivity contribution in [2.24, 2.45) is 5.73 Å². The first kappa shape index (κ1) is 32.0. The van der Waals surface area contributed by atoms with Gasteiger partial charge in [0.1, 0.15) is 24.6 Å². The average molecular weight is 573 g/mol. The molecule has 0 spiro atoms. The molecule has 1 aliphatic heterocycles. The summed E-state index contributed by atoms with van der Waals surface area (Å²) in [5.74, 6) is -0.0775. The third-order valence-electron chi connectivity index (χ3n) is 5.16. The van der Waals surface area contributed by atoms with Crippen LogP contribution in [-0.2, 0) is 33.6 Å². The quantitative estimate of drug-likeness (QED) is 0.214. The minimum Gasteiger partial charge on any atom is -0.756 e. The Labute approximate surface area is 227 Å². The second kappa shape index (κ2) is 14.8. The zero-order chi connectivity index (χ0) is 28.3. The Kier molecular flexibility index (Phi) is 12.4. The Morgan fingerprint density at radius 1 is 1.29 bits per heavy atom. The topological polar surface area (TPSA) is 155 Å². The van der Waals surface area contributed by atoms with Gasteiger partial charge in [-0.05, 0) is 19.1 Å². The van der Waals surface area contributed by atoms with Gasteiger partial charge in [-0.2, -0.15) is 0 Å². The molecule has 14 heteroatoms. The van der Waals surface area contributed by atoms with Gasteiger partial charge in [0.05, 0.1) is 39.9 Å². The lowest BCUT2D eigenvalue weighted by molar-refractivity contribution is -0.870. The third kappa shape index (κ3) is 10.9. The molecule has 3 atom stereocenters. The maximum absolute atomic E-state index is 11.6.